The number of rotatable bonds is 5. The van der Waals surface area contributed by atoms with Gasteiger partial charge in [0, 0.05) is 7.11 Å². The summed E-state index contributed by atoms with van der Waals surface area (Å²) in [6, 6.07) is -0.0566. The third-order valence-corrected chi connectivity index (χ3v) is 2.02. The fourth-order valence-corrected chi connectivity index (χ4v) is 0.925. The van der Waals surface area contributed by atoms with Crippen LogP contribution in [0.2, 0.25) is 0 Å². The van der Waals surface area contributed by atoms with Crippen molar-refractivity contribution in [1.29, 1.82) is 0 Å². The van der Waals surface area contributed by atoms with Crippen molar-refractivity contribution in [2.45, 2.75) is 39.3 Å². The van der Waals surface area contributed by atoms with E-state index in [-0.39, 0.29) is 17.9 Å². The normalized spacial score (nSPS) is 14.2. The molecule has 0 saturated heterocycles. The molecular weight excluding hydrogens is 182 g/mol. The van der Waals surface area contributed by atoms with Crippen LogP contribution in [0.15, 0.2) is 0 Å². The van der Waals surface area contributed by atoms with Crippen molar-refractivity contribution in [3.05, 3.63) is 0 Å². The first-order valence-corrected chi connectivity index (χ1v) is 4.81. The van der Waals surface area contributed by atoms with Gasteiger partial charge in [0.2, 0.25) is 0 Å². The molecular formula is C10H21NO3. The molecule has 0 radical (unpaired) electrons. The quantitative estimate of drug-likeness (QED) is 0.686. The molecule has 0 heterocycles. The summed E-state index contributed by atoms with van der Waals surface area (Å²) in [6.07, 6.45) is 0. The van der Waals surface area contributed by atoms with Gasteiger partial charge in [-0.2, -0.15) is 0 Å². The van der Waals surface area contributed by atoms with Gasteiger partial charge in [0.05, 0.1) is 12.6 Å². The van der Waals surface area contributed by atoms with Gasteiger partial charge in [-0.05, 0) is 19.8 Å². The van der Waals surface area contributed by atoms with E-state index < -0.39 is 5.60 Å². The highest BCUT2D eigenvalue weighted by atomic mass is 16.5. The molecule has 0 rings (SSSR count). The number of methoxy groups -OCH3 is 1. The Morgan fingerprint density at radius 1 is 1.50 bits per heavy atom. The van der Waals surface area contributed by atoms with Crippen molar-refractivity contribution < 1.29 is 14.6 Å². The molecule has 4 nitrogen and oxygen atoms in total. The fraction of sp³-hybridized carbons (Fsp3) is 0.900. The highest BCUT2D eigenvalue weighted by molar-refractivity contribution is 5.84. The first-order valence-electron chi connectivity index (χ1n) is 4.81. The molecule has 2 N–H and O–H groups in total. The van der Waals surface area contributed by atoms with E-state index in [2.05, 4.69) is 5.32 Å². The van der Waals surface area contributed by atoms with Gasteiger partial charge in [-0.3, -0.25) is 4.79 Å². The van der Waals surface area contributed by atoms with Crippen molar-refractivity contribution in [1.82, 2.24) is 5.32 Å². The van der Waals surface area contributed by atoms with Gasteiger partial charge in [-0.25, -0.2) is 0 Å². The van der Waals surface area contributed by atoms with Gasteiger partial charge in [0.15, 0.2) is 0 Å². The van der Waals surface area contributed by atoms with Crippen LogP contribution < -0.4 is 5.32 Å². The summed E-state index contributed by atoms with van der Waals surface area (Å²) in [5.41, 5.74) is -1.33. The van der Waals surface area contributed by atoms with E-state index in [9.17, 15) is 9.90 Å². The van der Waals surface area contributed by atoms with Crippen LogP contribution in [0.3, 0.4) is 0 Å². The molecule has 0 aliphatic rings. The van der Waals surface area contributed by atoms with Crippen LogP contribution in [0.25, 0.3) is 0 Å². The van der Waals surface area contributed by atoms with Crippen LogP contribution in [0.4, 0.5) is 0 Å². The van der Waals surface area contributed by atoms with Crippen LogP contribution in [-0.4, -0.2) is 36.4 Å². The van der Waals surface area contributed by atoms with Gasteiger partial charge in [-0.15, -0.1) is 0 Å². The molecule has 0 aliphatic heterocycles. The van der Waals surface area contributed by atoms with E-state index >= 15 is 0 Å². The maximum absolute atomic E-state index is 11.4. The predicted octanol–water partition coefficient (Wildman–Crippen LogP) is 0.544. The Hall–Kier alpha value is -0.610. The lowest BCUT2D eigenvalue weighted by Crippen LogP contribution is -2.50. The minimum Gasteiger partial charge on any atom is -0.383 e. The van der Waals surface area contributed by atoms with E-state index in [1.165, 1.54) is 13.8 Å². The van der Waals surface area contributed by atoms with E-state index in [0.29, 0.717) is 6.61 Å². The maximum atomic E-state index is 11.4. The Labute approximate surface area is 85.6 Å². The summed E-state index contributed by atoms with van der Waals surface area (Å²) in [5.74, 6) is -0.0884. The van der Waals surface area contributed by atoms with E-state index in [1.54, 1.807) is 7.11 Å². The second-order valence-electron chi connectivity index (χ2n) is 4.34. The summed E-state index contributed by atoms with van der Waals surface area (Å²) in [6.45, 7) is 7.38. The Bertz CT molecular complexity index is 184. The SMILES string of the molecule is COCC(NC(=O)C(C)(C)O)C(C)C. The van der Waals surface area contributed by atoms with Crippen LogP contribution in [0, 0.1) is 5.92 Å². The number of nitrogens with one attached hydrogen (secondary N) is 1. The summed E-state index contributed by atoms with van der Waals surface area (Å²) in [4.78, 5) is 11.4. The van der Waals surface area contributed by atoms with Crippen LogP contribution >= 0.6 is 0 Å². The molecule has 0 bridgehead atoms. The van der Waals surface area contributed by atoms with Crippen LogP contribution in [-0.2, 0) is 9.53 Å². The minimum absolute atomic E-state index is 0.0566. The summed E-state index contributed by atoms with van der Waals surface area (Å²) in [7, 11) is 1.59. The van der Waals surface area contributed by atoms with Gasteiger partial charge >= 0.3 is 0 Å². The molecule has 0 aromatic rings. The van der Waals surface area contributed by atoms with Crippen LogP contribution in [0.1, 0.15) is 27.7 Å². The summed E-state index contributed by atoms with van der Waals surface area (Å²) in [5, 5.41) is 12.2. The molecule has 0 spiro atoms. The molecule has 0 aromatic carbocycles. The third-order valence-electron chi connectivity index (χ3n) is 2.02. The number of ether oxygens (including phenoxy) is 1. The molecule has 1 unspecified atom stereocenters. The largest absolute Gasteiger partial charge is 0.383 e. The number of aliphatic hydroxyl groups is 1. The Balaban J connectivity index is 4.24. The lowest BCUT2D eigenvalue weighted by molar-refractivity contribution is -0.138. The molecule has 0 aliphatic carbocycles. The summed E-state index contributed by atoms with van der Waals surface area (Å²) >= 11 is 0. The van der Waals surface area contributed by atoms with E-state index in [4.69, 9.17) is 4.74 Å². The van der Waals surface area contributed by atoms with Gasteiger partial charge in [0.25, 0.3) is 5.91 Å². The zero-order valence-corrected chi connectivity index (χ0v) is 9.63. The zero-order valence-electron chi connectivity index (χ0n) is 9.63. The van der Waals surface area contributed by atoms with Crippen molar-refractivity contribution in [3.63, 3.8) is 0 Å². The molecule has 0 aromatic heterocycles. The van der Waals surface area contributed by atoms with Crippen molar-refractivity contribution in [2.75, 3.05) is 13.7 Å². The fourth-order valence-electron chi connectivity index (χ4n) is 0.925. The number of hydrogen-bond donors (Lipinski definition) is 2. The number of amides is 1. The van der Waals surface area contributed by atoms with E-state index in [0.717, 1.165) is 0 Å². The summed E-state index contributed by atoms with van der Waals surface area (Å²) < 4.78 is 4.98. The molecule has 14 heavy (non-hydrogen) atoms. The molecule has 4 heteroatoms. The van der Waals surface area contributed by atoms with Crippen molar-refractivity contribution >= 4 is 5.91 Å². The van der Waals surface area contributed by atoms with E-state index in [1.807, 2.05) is 13.8 Å². The zero-order chi connectivity index (χ0) is 11.4. The topological polar surface area (TPSA) is 58.6 Å². The van der Waals surface area contributed by atoms with Crippen LogP contribution in [0.5, 0.6) is 0 Å². The Morgan fingerprint density at radius 2 is 2.00 bits per heavy atom. The Morgan fingerprint density at radius 3 is 2.29 bits per heavy atom. The lowest BCUT2D eigenvalue weighted by Gasteiger charge is -2.25. The number of carbonyl (C=O) groups excluding carboxylic acids is 1. The highest BCUT2D eigenvalue weighted by Crippen LogP contribution is 2.06. The predicted molar refractivity (Wildman–Crippen MR) is 54.9 cm³/mol. The first-order chi connectivity index (χ1) is 6.29. The second-order valence-corrected chi connectivity index (χ2v) is 4.34. The van der Waals surface area contributed by atoms with Gasteiger partial charge < -0.3 is 15.2 Å². The molecule has 84 valence electrons. The molecule has 0 fully saturated rings. The number of hydrogen-bond acceptors (Lipinski definition) is 3. The van der Waals surface area contributed by atoms with Crippen molar-refractivity contribution in [2.24, 2.45) is 5.92 Å². The molecule has 0 saturated carbocycles. The molecule has 1 atom stereocenters. The standard InChI is InChI=1S/C10H21NO3/c1-7(2)8(6-14-5)11-9(12)10(3,4)13/h7-8,13H,6H2,1-5H3,(H,11,12). The second kappa shape index (κ2) is 5.32. The minimum atomic E-state index is -1.33. The van der Waals surface area contributed by atoms with Gasteiger partial charge in [-0.1, -0.05) is 13.8 Å². The highest BCUT2D eigenvalue weighted by Gasteiger charge is 2.27. The Kier molecular flexibility index (Phi) is 5.08. The lowest BCUT2D eigenvalue weighted by atomic mass is 10.0. The average Bonchev–Trinajstić information content (AvgIpc) is 2.01. The third kappa shape index (κ3) is 4.58. The maximum Gasteiger partial charge on any atom is 0.251 e. The molecule has 1 amide bonds. The monoisotopic (exact) mass is 203 g/mol. The number of carbonyl (C=O) groups is 1. The van der Waals surface area contributed by atoms with Gasteiger partial charge in [0.1, 0.15) is 5.60 Å². The average molecular weight is 203 g/mol. The van der Waals surface area contributed by atoms with Crippen molar-refractivity contribution in [3.8, 4) is 0 Å². The first kappa shape index (κ1) is 13.4. The smallest absolute Gasteiger partial charge is 0.251 e.